The number of ether oxygens (including phenoxy) is 2. The molecule has 3 amide bonds. The molecular weight excluding hydrogens is 524 g/mol. The third kappa shape index (κ3) is 10.3. The van der Waals surface area contributed by atoms with E-state index in [1.54, 1.807) is 30.0 Å². The van der Waals surface area contributed by atoms with E-state index in [-0.39, 0.29) is 49.2 Å². The first-order valence-electron chi connectivity index (χ1n) is 13.6. The van der Waals surface area contributed by atoms with Gasteiger partial charge in [-0.2, -0.15) is 0 Å². The van der Waals surface area contributed by atoms with Gasteiger partial charge in [0.25, 0.3) is 5.91 Å². The number of urea groups is 1. The number of anilines is 1. The molecule has 3 N–H and O–H groups in total. The molecule has 39 heavy (non-hydrogen) atoms. The molecule has 0 unspecified atom stereocenters. The summed E-state index contributed by atoms with van der Waals surface area (Å²) in [6.07, 6.45) is 2.84. The smallest absolute Gasteiger partial charge is 0.319 e. The summed E-state index contributed by atoms with van der Waals surface area (Å²) in [5, 5.41) is 15.5. The minimum Gasteiger partial charge on any atom is -0.490 e. The fraction of sp³-hybridized carbons (Fsp3) is 0.704. The Balaban J connectivity index is 2.49. The number of aliphatic hydroxyl groups excluding tert-OH is 1. The molecule has 0 saturated heterocycles. The van der Waals surface area contributed by atoms with Crippen molar-refractivity contribution in [2.24, 2.45) is 5.92 Å². The molecule has 222 valence electrons. The first-order valence-corrected chi connectivity index (χ1v) is 15.4. The number of aliphatic hydroxyl groups is 1. The first kappa shape index (κ1) is 32.8. The predicted octanol–water partition coefficient (Wildman–Crippen LogP) is 2.90. The Labute approximate surface area is 233 Å². The van der Waals surface area contributed by atoms with Crippen LogP contribution in [0.2, 0.25) is 0 Å². The zero-order valence-corrected chi connectivity index (χ0v) is 25.1. The van der Waals surface area contributed by atoms with E-state index in [0.717, 1.165) is 25.5 Å². The van der Waals surface area contributed by atoms with E-state index in [1.807, 2.05) is 27.7 Å². The van der Waals surface area contributed by atoms with Gasteiger partial charge < -0.3 is 30.1 Å². The lowest BCUT2D eigenvalue weighted by Gasteiger charge is -2.35. The van der Waals surface area contributed by atoms with E-state index in [1.165, 1.54) is 11.4 Å². The Hall–Kier alpha value is -2.41. The van der Waals surface area contributed by atoms with Gasteiger partial charge in [-0.25, -0.2) is 17.5 Å². The Morgan fingerprint density at radius 1 is 1.23 bits per heavy atom. The molecule has 0 bridgehead atoms. The number of fused-ring (bicyclic) bond motifs is 1. The number of hydrogen-bond acceptors (Lipinski definition) is 7. The molecule has 12 heteroatoms. The van der Waals surface area contributed by atoms with Crippen molar-refractivity contribution in [1.29, 1.82) is 0 Å². The molecule has 4 atom stereocenters. The molecule has 11 nitrogen and oxygen atoms in total. The Kier molecular flexibility index (Phi) is 12.5. The van der Waals surface area contributed by atoms with Gasteiger partial charge in [-0.3, -0.25) is 4.79 Å². The van der Waals surface area contributed by atoms with Gasteiger partial charge in [0.2, 0.25) is 10.0 Å². The molecule has 2 rings (SSSR count). The molecule has 1 aliphatic rings. The summed E-state index contributed by atoms with van der Waals surface area (Å²) in [4.78, 5) is 27.9. The summed E-state index contributed by atoms with van der Waals surface area (Å²) in [6.45, 7) is 9.82. The summed E-state index contributed by atoms with van der Waals surface area (Å²) in [6, 6.07) is 3.97. The van der Waals surface area contributed by atoms with Gasteiger partial charge in [-0.1, -0.05) is 6.92 Å². The van der Waals surface area contributed by atoms with Gasteiger partial charge >= 0.3 is 6.03 Å². The average molecular weight is 571 g/mol. The molecule has 0 radical (unpaired) electrons. The van der Waals surface area contributed by atoms with Crippen molar-refractivity contribution >= 4 is 27.6 Å². The quantitative estimate of drug-likeness (QED) is 0.458. The number of likely N-dealkylation sites (N-methyl/N-ethyl adjacent to an activating group) is 1. The van der Waals surface area contributed by atoms with Crippen LogP contribution in [0.15, 0.2) is 18.2 Å². The van der Waals surface area contributed by atoms with Gasteiger partial charge in [-0.15, -0.1) is 0 Å². The number of amides is 3. The molecule has 1 aliphatic heterocycles. The highest BCUT2D eigenvalue weighted by Gasteiger charge is 2.31. The second-order valence-electron chi connectivity index (χ2n) is 10.8. The normalized spacial score (nSPS) is 22.6. The Morgan fingerprint density at radius 2 is 1.92 bits per heavy atom. The van der Waals surface area contributed by atoms with Crippen LogP contribution in [-0.2, 0) is 14.8 Å². The van der Waals surface area contributed by atoms with Gasteiger partial charge in [0, 0.05) is 44.4 Å². The van der Waals surface area contributed by atoms with Crippen LogP contribution in [0.25, 0.3) is 0 Å². The fourth-order valence-corrected chi connectivity index (χ4v) is 4.70. The van der Waals surface area contributed by atoms with Gasteiger partial charge in [0.15, 0.2) is 0 Å². The SMILES string of the molecule is CC(C)NC(=O)Nc1ccc2c(c1)C(=O)N([C@H](C)CO)C[C@H](C)[C@H](CN(C)S(C)(=O)=O)OCCCC[C@@H](C)O2. The second-order valence-corrected chi connectivity index (χ2v) is 12.9. The molecule has 0 aromatic heterocycles. The number of nitrogens with zero attached hydrogens (tertiary/aromatic N) is 2. The van der Waals surface area contributed by atoms with Crippen molar-refractivity contribution in [3.05, 3.63) is 23.8 Å². The fourth-order valence-electron chi connectivity index (χ4n) is 4.28. The first-order chi connectivity index (χ1) is 18.2. The van der Waals surface area contributed by atoms with E-state index in [4.69, 9.17) is 9.47 Å². The van der Waals surface area contributed by atoms with Crippen LogP contribution in [0.5, 0.6) is 5.75 Å². The minimum absolute atomic E-state index is 0.0626. The molecular formula is C27H46N4O7S. The zero-order chi connectivity index (χ0) is 29.3. The van der Waals surface area contributed by atoms with Crippen LogP contribution in [-0.4, -0.2) is 98.6 Å². The number of benzene rings is 1. The maximum atomic E-state index is 14.0. The Morgan fingerprint density at radius 3 is 2.54 bits per heavy atom. The molecule has 1 aromatic carbocycles. The lowest BCUT2D eigenvalue weighted by Crippen LogP contribution is -2.48. The highest BCUT2D eigenvalue weighted by molar-refractivity contribution is 7.88. The molecule has 0 aliphatic carbocycles. The van der Waals surface area contributed by atoms with E-state index < -0.39 is 28.2 Å². The van der Waals surface area contributed by atoms with Crippen molar-refractivity contribution in [2.45, 2.75) is 78.2 Å². The third-order valence-corrected chi connectivity index (χ3v) is 8.01. The van der Waals surface area contributed by atoms with E-state index in [9.17, 15) is 23.1 Å². The van der Waals surface area contributed by atoms with E-state index in [2.05, 4.69) is 10.6 Å². The van der Waals surface area contributed by atoms with Crippen LogP contribution < -0.4 is 15.4 Å². The van der Waals surface area contributed by atoms with Crippen LogP contribution in [0.3, 0.4) is 0 Å². The van der Waals surface area contributed by atoms with E-state index >= 15 is 0 Å². The Bertz CT molecular complexity index is 1070. The van der Waals surface area contributed by atoms with Crippen molar-refractivity contribution in [1.82, 2.24) is 14.5 Å². The standard InChI is InChI=1S/C27H46N4O7S/c1-18(2)28-27(34)29-22-11-12-24-23(14-22)26(33)31(20(4)17-32)15-19(3)25(16-30(6)39(7,35)36)37-13-9-8-10-21(5)38-24/h11-12,14,18-21,25,32H,8-10,13,15-17H2,1-7H3,(H2,28,29,34)/t19-,20+,21+,25-/m0/s1. The topological polar surface area (TPSA) is 138 Å². The summed E-state index contributed by atoms with van der Waals surface area (Å²) in [5.74, 6) is -0.228. The van der Waals surface area contributed by atoms with Gasteiger partial charge in [0.05, 0.1) is 36.7 Å². The van der Waals surface area contributed by atoms with Crippen LogP contribution in [0, 0.1) is 5.92 Å². The van der Waals surface area contributed by atoms with Crippen LogP contribution >= 0.6 is 0 Å². The highest BCUT2D eigenvalue weighted by Crippen LogP contribution is 2.28. The molecule has 0 saturated carbocycles. The number of hydrogen-bond donors (Lipinski definition) is 3. The summed E-state index contributed by atoms with van der Waals surface area (Å²) < 4.78 is 37.8. The number of nitrogens with one attached hydrogen (secondary N) is 2. The molecule has 0 fully saturated rings. The maximum absolute atomic E-state index is 14.0. The van der Waals surface area contributed by atoms with Crippen LogP contribution in [0.1, 0.15) is 64.2 Å². The minimum atomic E-state index is -3.43. The molecule has 1 heterocycles. The molecule has 0 spiro atoms. The van der Waals surface area contributed by atoms with Crippen LogP contribution in [0.4, 0.5) is 10.5 Å². The highest BCUT2D eigenvalue weighted by atomic mass is 32.2. The lowest BCUT2D eigenvalue weighted by molar-refractivity contribution is -0.00828. The van der Waals surface area contributed by atoms with Crippen molar-refractivity contribution in [3.63, 3.8) is 0 Å². The number of carbonyl (C=O) groups is 2. The lowest BCUT2D eigenvalue weighted by atomic mass is 10.0. The zero-order valence-electron chi connectivity index (χ0n) is 24.3. The van der Waals surface area contributed by atoms with Crippen molar-refractivity contribution in [3.8, 4) is 5.75 Å². The number of rotatable bonds is 7. The monoisotopic (exact) mass is 570 g/mol. The van der Waals surface area contributed by atoms with E-state index in [0.29, 0.717) is 18.0 Å². The summed E-state index contributed by atoms with van der Waals surface area (Å²) in [7, 11) is -1.92. The maximum Gasteiger partial charge on any atom is 0.319 e. The number of carbonyl (C=O) groups excluding carboxylic acids is 2. The van der Waals surface area contributed by atoms with Gasteiger partial charge in [0.1, 0.15) is 5.75 Å². The van der Waals surface area contributed by atoms with Gasteiger partial charge in [-0.05, 0) is 65.2 Å². The molecule has 1 aromatic rings. The summed E-state index contributed by atoms with van der Waals surface area (Å²) in [5.41, 5.74) is 0.692. The third-order valence-electron chi connectivity index (χ3n) is 6.73. The number of sulfonamides is 1. The van der Waals surface area contributed by atoms with Crippen molar-refractivity contribution < 1.29 is 32.6 Å². The predicted molar refractivity (Wildman–Crippen MR) is 152 cm³/mol. The second kappa shape index (κ2) is 14.8. The van der Waals surface area contributed by atoms with Crippen molar-refractivity contribution in [2.75, 3.05) is 44.9 Å². The average Bonchev–Trinajstić information content (AvgIpc) is 2.84. The summed E-state index contributed by atoms with van der Waals surface area (Å²) >= 11 is 0. The largest absolute Gasteiger partial charge is 0.490 e.